The van der Waals surface area contributed by atoms with Gasteiger partial charge < -0.3 is 19.4 Å². The number of ether oxygens (including phenoxy) is 1. The molecule has 3 atom stereocenters. The van der Waals surface area contributed by atoms with Crippen LogP contribution in [0.2, 0.25) is 5.82 Å². The standard InChI is InChI=1S/C15H26BNO4/c1-6-19-13(18)11-10(9-7-17-8-9)12(11)16-20-14(2,3)15(4,5)21-16/h9-12,17H,6-8H2,1-5H3. The average molecular weight is 295 g/mol. The van der Waals surface area contributed by atoms with Gasteiger partial charge in [-0.15, -0.1) is 0 Å². The van der Waals surface area contributed by atoms with Crippen molar-refractivity contribution < 1.29 is 18.8 Å². The highest BCUT2D eigenvalue weighted by molar-refractivity contribution is 6.49. The lowest BCUT2D eigenvalue weighted by atomic mass is 9.77. The molecule has 0 bridgehead atoms. The Morgan fingerprint density at radius 1 is 1.24 bits per heavy atom. The fourth-order valence-electron chi connectivity index (χ4n) is 3.50. The van der Waals surface area contributed by atoms with Gasteiger partial charge in [-0.3, -0.25) is 4.79 Å². The van der Waals surface area contributed by atoms with Gasteiger partial charge in [0, 0.05) is 5.82 Å². The molecule has 1 aliphatic carbocycles. The van der Waals surface area contributed by atoms with Crippen LogP contribution in [0.15, 0.2) is 0 Å². The van der Waals surface area contributed by atoms with Gasteiger partial charge in [0.15, 0.2) is 0 Å². The summed E-state index contributed by atoms with van der Waals surface area (Å²) >= 11 is 0. The maximum absolute atomic E-state index is 12.2. The van der Waals surface area contributed by atoms with Crippen molar-refractivity contribution in [3.05, 3.63) is 0 Å². The maximum atomic E-state index is 12.2. The molecule has 0 amide bonds. The molecule has 3 aliphatic rings. The number of hydrogen-bond donors (Lipinski definition) is 1. The van der Waals surface area contributed by atoms with Gasteiger partial charge in [-0.1, -0.05) is 0 Å². The Morgan fingerprint density at radius 3 is 2.24 bits per heavy atom. The van der Waals surface area contributed by atoms with E-state index in [-0.39, 0.29) is 36.0 Å². The minimum absolute atomic E-state index is 0.0632. The molecule has 3 fully saturated rings. The third-order valence-electron chi connectivity index (χ3n) is 5.63. The van der Waals surface area contributed by atoms with Crippen molar-refractivity contribution in [3.8, 4) is 0 Å². The quantitative estimate of drug-likeness (QED) is 0.629. The molecular formula is C15H26BNO4. The van der Waals surface area contributed by atoms with Gasteiger partial charge in [0.2, 0.25) is 0 Å². The number of nitrogens with one attached hydrogen (secondary N) is 1. The van der Waals surface area contributed by atoms with E-state index in [2.05, 4.69) is 33.0 Å². The Labute approximate surface area is 127 Å². The van der Waals surface area contributed by atoms with E-state index in [1.165, 1.54) is 0 Å². The fraction of sp³-hybridized carbons (Fsp3) is 0.933. The number of hydrogen-bond acceptors (Lipinski definition) is 5. The van der Waals surface area contributed by atoms with E-state index in [4.69, 9.17) is 14.0 Å². The second-order valence-corrected chi connectivity index (χ2v) is 7.48. The lowest BCUT2D eigenvalue weighted by Crippen LogP contribution is -2.44. The molecule has 21 heavy (non-hydrogen) atoms. The molecule has 1 N–H and O–H groups in total. The number of rotatable bonds is 4. The first-order chi connectivity index (χ1) is 9.78. The van der Waals surface area contributed by atoms with E-state index in [1.807, 2.05) is 6.92 Å². The summed E-state index contributed by atoms with van der Waals surface area (Å²) in [7, 11) is -0.296. The molecule has 2 heterocycles. The second kappa shape index (κ2) is 4.96. The zero-order chi connectivity index (χ0) is 15.4. The largest absolute Gasteiger partial charge is 0.466 e. The van der Waals surface area contributed by atoms with E-state index >= 15 is 0 Å². The second-order valence-electron chi connectivity index (χ2n) is 7.48. The average Bonchev–Trinajstić information content (AvgIpc) is 2.94. The fourth-order valence-corrected chi connectivity index (χ4v) is 3.50. The third kappa shape index (κ3) is 2.41. The lowest BCUT2D eigenvalue weighted by Gasteiger charge is -2.32. The molecule has 6 heteroatoms. The lowest BCUT2D eigenvalue weighted by molar-refractivity contribution is -0.145. The molecule has 5 nitrogen and oxygen atoms in total. The summed E-state index contributed by atoms with van der Waals surface area (Å²) in [6, 6.07) is 0. The number of carbonyl (C=O) groups is 1. The van der Waals surface area contributed by atoms with Crippen LogP contribution in [-0.4, -0.2) is 44.0 Å². The van der Waals surface area contributed by atoms with Crippen LogP contribution in [0.5, 0.6) is 0 Å². The predicted octanol–water partition coefficient (Wildman–Crippen LogP) is 1.48. The number of carbonyl (C=O) groups excluding carboxylic acids is 1. The Bertz CT molecular complexity index is 419. The van der Waals surface area contributed by atoms with Crippen molar-refractivity contribution in [3.63, 3.8) is 0 Å². The molecule has 1 saturated carbocycles. The Kier molecular flexibility index (Phi) is 3.62. The molecule has 0 spiro atoms. The zero-order valence-electron chi connectivity index (χ0n) is 13.6. The van der Waals surface area contributed by atoms with E-state index in [0.717, 1.165) is 13.1 Å². The van der Waals surface area contributed by atoms with Crippen LogP contribution in [0, 0.1) is 17.8 Å². The van der Waals surface area contributed by atoms with Crippen molar-refractivity contribution in [2.75, 3.05) is 19.7 Å². The molecule has 3 unspecified atom stereocenters. The van der Waals surface area contributed by atoms with Crippen LogP contribution in [0.1, 0.15) is 34.6 Å². The van der Waals surface area contributed by atoms with Crippen LogP contribution < -0.4 is 5.32 Å². The first-order valence-corrected chi connectivity index (χ1v) is 8.01. The summed E-state index contributed by atoms with van der Waals surface area (Å²) in [5, 5.41) is 3.28. The summed E-state index contributed by atoms with van der Waals surface area (Å²) < 4.78 is 17.5. The molecule has 0 aromatic carbocycles. The first kappa shape index (κ1) is 15.3. The van der Waals surface area contributed by atoms with Gasteiger partial charge in [0.25, 0.3) is 0 Å². The minimum atomic E-state index is -0.345. The van der Waals surface area contributed by atoms with Crippen molar-refractivity contribution >= 4 is 13.1 Å². The molecule has 3 rings (SSSR count). The van der Waals surface area contributed by atoms with E-state index in [9.17, 15) is 4.79 Å². The van der Waals surface area contributed by atoms with Crippen molar-refractivity contribution in [1.29, 1.82) is 0 Å². The Balaban J connectivity index is 1.73. The van der Waals surface area contributed by atoms with Crippen LogP contribution in [0.25, 0.3) is 0 Å². The van der Waals surface area contributed by atoms with Crippen molar-refractivity contribution in [2.45, 2.75) is 51.6 Å². The number of esters is 1. The van der Waals surface area contributed by atoms with Crippen LogP contribution in [-0.2, 0) is 18.8 Å². The summed E-state index contributed by atoms with van der Waals surface area (Å²) in [4.78, 5) is 12.2. The summed E-state index contributed by atoms with van der Waals surface area (Å²) in [5.74, 6) is 0.862. The monoisotopic (exact) mass is 295 g/mol. The molecule has 118 valence electrons. The predicted molar refractivity (Wildman–Crippen MR) is 79.8 cm³/mol. The van der Waals surface area contributed by atoms with E-state index in [1.54, 1.807) is 0 Å². The topological polar surface area (TPSA) is 56.8 Å². The van der Waals surface area contributed by atoms with Crippen molar-refractivity contribution in [1.82, 2.24) is 5.32 Å². The summed E-state index contributed by atoms with van der Waals surface area (Å²) in [6.45, 7) is 12.4. The zero-order valence-corrected chi connectivity index (χ0v) is 13.6. The van der Waals surface area contributed by atoms with Gasteiger partial charge in [0.1, 0.15) is 0 Å². The molecular weight excluding hydrogens is 269 g/mol. The maximum Gasteiger partial charge on any atom is 0.462 e. The van der Waals surface area contributed by atoms with Gasteiger partial charge in [0.05, 0.1) is 23.7 Å². The first-order valence-electron chi connectivity index (χ1n) is 8.01. The van der Waals surface area contributed by atoms with E-state index in [0.29, 0.717) is 18.4 Å². The Hall–Kier alpha value is -0.585. The molecule has 2 saturated heterocycles. The third-order valence-corrected chi connectivity index (χ3v) is 5.63. The van der Waals surface area contributed by atoms with Gasteiger partial charge >= 0.3 is 13.1 Å². The van der Waals surface area contributed by atoms with Crippen LogP contribution in [0.3, 0.4) is 0 Å². The molecule has 2 aliphatic heterocycles. The highest BCUT2D eigenvalue weighted by atomic mass is 16.7. The van der Waals surface area contributed by atoms with Crippen LogP contribution >= 0.6 is 0 Å². The highest BCUT2D eigenvalue weighted by Crippen LogP contribution is 2.62. The smallest absolute Gasteiger partial charge is 0.462 e. The van der Waals surface area contributed by atoms with Gasteiger partial charge in [-0.25, -0.2) is 0 Å². The molecule has 0 aromatic rings. The van der Waals surface area contributed by atoms with Gasteiger partial charge in [-0.05, 0) is 59.5 Å². The van der Waals surface area contributed by atoms with Gasteiger partial charge in [-0.2, -0.15) is 0 Å². The van der Waals surface area contributed by atoms with Crippen molar-refractivity contribution in [2.24, 2.45) is 17.8 Å². The minimum Gasteiger partial charge on any atom is -0.466 e. The molecule has 0 aromatic heterocycles. The Morgan fingerprint density at radius 2 is 1.81 bits per heavy atom. The molecule has 0 radical (unpaired) electrons. The highest BCUT2D eigenvalue weighted by Gasteiger charge is 2.69. The summed E-state index contributed by atoms with van der Waals surface area (Å²) in [5.41, 5.74) is -0.691. The summed E-state index contributed by atoms with van der Waals surface area (Å²) in [6.07, 6.45) is 0. The van der Waals surface area contributed by atoms with E-state index < -0.39 is 0 Å². The normalized spacial score (nSPS) is 37.2. The SMILES string of the molecule is CCOC(=O)C1C(B2OC(C)(C)C(C)(C)O2)C1C1CNC1. The van der Waals surface area contributed by atoms with Crippen LogP contribution in [0.4, 0.5) is 0 Å².